The largest absolute Gasteiger partial charge is 0.484 e. The van der Waals surface area contributed by atoms with Gasteiger partial charge in [0.05, 0.1) is 17.3 Å². The maximum absolute atomic E-state index is 12.7. The lowest BCUT2D eigenvalue weighted by molar-refractivity contribution is -0.154. The first kappa shape index (κ1) is 23.1. The lowest BCUT2D eigenvalue weighted by Gasteiger charge is -2.16. The van der Waals surface area contributed by atoms with E-state index in [0.29, 0.717) is 6.07 Å². The standard InChI is InChI=1S/C17H12F6N2O4S/c18-16(19,20)9-28-13-4-5-14(29-10-17(21,22)23)15(7-13)30(26,27)25-12-3-1-2-11(6-12)8-24/h1-7,25H,9-10H2. The van der Waals surface area contributed by atoms with E-state index in [0.717, 1.165) is 18.2 Å². The zero-order valence-electron chi connectivity index (χ0n) is 14.7. The van der Waals surface area contributed by atoms with E-state index in [-0.39, 0.29) is 11.3 Å². The van der Waals surface area contributed by atoms with Crippen LogP contribution in [0.25, 0.3) is 0 Å². The number of nitriles is 1. The minimum atomic E-state index is -4.79. The Morgan fingerprint density at radius 3 is 2.17 bits per heavy atom. The summed E-state index contributed by atoms with van der Waals surface area (Å²) >= 11 is 0. The number of sulfonamides is 1. The molecule has 0 saturated carbocycles. The van der Waals surface area contributed by atoms with Crippen LogP contribution in [0.2, 0.25) is 0 Å². The van der Waals surface area contributed by atoms with Crippen LogP contribution in [0.4, 0.5) is 32.0 Å². The SMILES string of the molecule is N#Cc1cccc(NS(=O)(=O)c2cc(OCC(F)(F)F)ccc2OCC(F)(F)F)c1. The first-order chi connectivity index (χ1) is 13.8. The molecule has 0 aliphatic heterocycles. The van der Waals surface area contributed by atoms with Gasteiger partial charge < -0.3 is 9.47 Å². The first-order valence-electron chi connectivity index (χ1n) is 7.85. The van der Waals surface area contributed by atoms with Gasteiger partial charge in [-0.25, -0.2) is 8.42 Å². The molecule has 0 spiro atoms. The summed E-state index contributed by atoms with van der Waals surface area (Å²) < 4.78 is 111. The van der Waals surface area contributed by atoms with Gasteiger partial charge in [0, 0.05) is 6.07 Å². The third-order valence-corrected chi connectivity index (χ3v) is 4.64. The molecular formula is C17H12F6N2O4S. The highest BCUT2D eigenvalue weighted by Crippen LogP contribution is 2.32. The second-order valence-corrected chi connectivity index (χ2v) is 7.37. The summed E-state index contributed by atoms with van der Waals surface area (Å²) in [5, 5.41) is 8.87. The molecule has 13 heteroatoms. The predicted molar refractivity (Wildman–Crippen MR) is 91.5 cm³/mol. The lowest BCUT2D eigenvalue weighted by atomic mass is 10.2. The van der Waals surface area contributed by atoms with Crippen LogP contribution in [0.5, 0.6) is 11.5 Å². The molecule has 2 rings (SSSR count). The summed E-state index contributed by atoms with van der Waals surface area (Å²) in [4.78, 5) is -0.881. The van der Waals surface area contributed by atoms with E-state index < -0.39 is 52.0 Å². The maximum atomic E-state index is 12.7. The summed E-state index contributed by atoms with van der Waals surface area (Å²) in [6.45, 7) is -3.57. The maximum Gasteiger partial charge on any atom is 0.422 e. The fourth-order valence-electron chi connectivity index (χ4n) is 2.09. The van der Waals surface area contributed by atoms with Gasteiger partial charge in [-0.1, -0.05) is 6.07 Å². The number of nitrogens with one attached hydrogen (secondary N) is 1. The Labute approximate surface area is 166 Å². The van der Waals surface area contributed by atoms with Gasteiger partial charge in [0.15, 0.2) is 13.2 Å². The Bertz CT molecular complexity index is 1050. The highest BCUT2D eigenvalue weighted by atomic mass is 32.2. The smallest absolute Gasteiger partial charge is 0.422 e. The van der Waals surface area contributed by atoms with Crippen molar-refractivity contribution in [3.63, 3.8) is 0 Å². The summed E-state index contributed by atoms with van der Waals surface area (Å²) in [7, 11) is -4.63. The third kappa shape index (κ3) is 7.03. The molecule has 0 aliphatic rings. The van der Waals surface area contributed by atoms with E-state index in [9.17, 15) is 34.8 Å². The minimum Gasteiger partial charge on any atom is -0.484 e. The van der Waals surface area contributed by atoms with Crippen LogP contribution in [-0.4, -0.2) is 34.0 Å². The third-order valence-electron chi connectivity index (χ3n) is 3.24. The molecule has 30 heavy (non-hydrogen) atoms. The number of halogens is 6. The van der Waals surface area contributed by atoms with Gasteiger partial charge in [0.1, 0.15) is 16.4 Å². The van der Waals surface area contributed by atoms with Crippen LogP contribution >= 0.6 is 0 Å². The van der Waals surface area contributed by atoms with Crippen molar-refractivity contribution in [3.8, 4) is 17.6 Å². The van der Waals surface area contributed by atoms with E-state index in [1.54, 1.807) is 6.07 Å². The van der Waals surface area contributed by atoms with Gasteiger partial charge in [-0.2, -0.15) is 31.6 Å². The van der Waals surface area contributed by atoms with Crippen molar-refractivity contribution in [2.75, 3.05) is 17.9 Å². The Kier molecular flexibility index (Phi) is 6.71. The molecule has 0 bridgehead atoms. The van der Waals surface area contributed by atoms with Crippen LogP contribution in [0, 0.1) is 11.3 Å². The molecule has 1 N–H and O–H groups in total. The summed E-state index contributed by atoms with van der Waals surface area (Å²) in [6.07, 6.45) is -9.51. The second kappa shape index (κ2) is 8.70. The van der Waals surface area contributed by atoms with E-state index >= 15 is 0 Å². The molecule has 0 heterocycles. The van der Waals surface area contributed by atoms with E-state index in [4.69, 9.17) is 5.26 Å². The Morgan fingerprint density at radius 1 is 0.933 bits per heavy atom. The zero-order valence-corrected chi connectivity index (χ0v) is 15.5. The average molecular weight is 454 g/mol. The summed E-state index contributed by atoms with van der Waals surface area (Å²) in [5.74, 6) is -1.31. The molecule has 2 aromatic rings. The van der Waals surface area contributed by atoms with Crippen molar-refractivity contribution in [2.24, 2.45) is 0 Å². The fourth-order valence-corrected chi connectivity index (χ4v) is 3.30. The second-order valence-electron chi connectivity index (χ2n) is 5.71. The monoisotopic (exact) mass is 454 g/mol. The number of ether oxygens (including phenoxy) is 2. The van der Waals surface area contributed by atoms with Gasteiger partial charge >= 0.3 is 12.4 Å². The van der Waals surface area contributed by atoms with E-state index in [2.05, 4.69) is 9.47 Å². The zero-order chi connectivity index (χ0) is 22.6. The highest BCUT2D eigenvalue weighted by Gasteiger charge is 2.31. The van der Waals surface area contributed by atoms with Gasteiger partial charge in [0.2, 0.25) is 0 Å². The molecule has 0 saturated heterocycles. The average Bonchev–Trinajstić information content (AvgIpc) is 2.63. The van der Waals surface area contributed by atoms with Crippen LogP contribution in [0.1, 0.15) is 5.56 Å². The summed E-state index contributed by atoms with van der Waals surface area (Å²) in [5.41, 5.74) is -0.0107. The number of benzene rings is 2. The number of hydrogen-bond acceptors (Lipinski definition) is 5. The number of anilines is 1. The van der Waals surface area contributed by atoms with Gasteiger partial charge in [-0.15, -0.1) is 0 Å². The molecule has 0 aromatic heterocycles. The Balaban J connectivity index is 2.41. The molecule has 162 valence electrons. The van der Waals surface area contributed by atoms with Crippen molar-refractivity contribution in [2.45, 2.75) is 17.2 Å². The van der Waals surface area contributed by atoms with Crippen LogP contribution in [0.15, 0.2) is 47.4 Å². The highest BCUT2D eigenvalue weighted by molar-refractivity contribution is 7.92. The first-order valence-corrected chi connectivity index (χ1v) is 9.33. The lowest BCUT2D eigenvalue weighted by Crippen LogP contribution is -2.22. The van der Waals surface area contributed by atoms with E-state index in [1.165, 1.54) is 18.2 Å². The molecule has 0 fully saturated rings. The van der Waals surface area contributed by atoms with Crippen LogP contribution < -0.4 is 14.2 Å². The van der Waals surface area contributed by atoms with Crippen molar-refractivity contribution < 1.29 is 44.2 Å². The molecular weight excluding hydrogens is 442 g/mol. The Morgan fingerprint density at radius 2 is 1.57 bits per heavy atom. The molecule has 0 amide bonds. The number of alkyl halides is 6. The van der Waals surface area contributed by atoms with Crippen LogP contribution in [-0.2, 0) is 10.0 Å². The molecule has 0 radical (unpaired) electrons. The molecule has 2 aromatic carbocycles. The van der Waals surface area contributed by atoms with E-state index in [1.807, 2.05) is 4.72 Å². The number of hydrogen-bond donors (Lipinski definition) is 1. The van der Waals surface area contributed by atoms with Crippen molar-refractivity contribution >= 4 is 15.7 Å². The number of nitrogens with zero attached hydrogens (tertiary/aromatic N) is 1. The molecule has 0 atom stereocenters. The predicted octanol–water partition coefficient (Wildman–Crippen LogP) is 4.24. The topological polar surface area (TPSA) is 88.4 Å². The van der Waals surface area contributed by atoms with Crippen molar-refractivity contribution in [1.29, 1.82) is 5.26 Å². The van der Waals surface area contributed by atoms with Gasteiger partial charge in [-0.05, 0) is 30.3 Å². The van der Waals surface area contributed by atoms with Crippen molar-refractivity contribution in [3.05, 3.63) is 48.0 Å². The number of rotatable bonds is 7. The fraction of sp³-hybridized carbons (Fsp3) is 0.235. The van der Waals surface area contributed by atoms with Gasteiger partial charge in [-0.3, -0.25) is 4.72 Å². The Hall–Kier alpha value is -3.14. The minimum absolute atomic E-state index is 0.0889. The van der Waals surface area contributed by atoms with Gasteiger partial charge in [0.25, 0.3) is 10.0 Å². The quantitative estimate of drug-likeness (QED) is 0.633. The molecule has 6 nitrogen and oxygen atoms in total. The van der Waals surface area contributed by atoms with Crippen LogP contribution in [0.3, 0.4) is 0 Å². The molecule has 0 aliphatic carbocycles. The normalized spacial score (nSPS) is 12.2. The summed E-state index contributed by atoms with van der Waals surface area (Å²) in [6, 6.07) is 9.10. The van der Waals surface area contributed by atoms with Crippen molar-refractivity contribution in [1.82, 2.24) is 0 Å². The molecule has 0 unspecified atom stereocenters.